The Labute approximate surface area is 270 Å². The van der Waals surface area contributed by atoms with Crippen LogP contribution in [0.2, 0.25) is 0 Å². The zero-order valence-corrected chi connectivity index (χ0v) is 26.7. The second-order valence-corrected chi connectivity index (χ2v) is 13.5. The topological polar surface area (TPSA) is 4.93 Å². The molecule has 8 aromatic rings. The number of hydrogen-bond donors (Lipinski definition) is 0. The van der Waals surface area contributed by atoms with E-state index < -0.39 is 0 Å². The first kappa shape index (κ1) is 27.0. The summed E-state index contributed by atoms with van der Waals surface area (Å²) >= 11 is 0. The van der Waals surface area contributed by atoms with Gasteiger partial charge in [-0.2, -0.15) is 0 Å². The third-order valence-corrected chi connectivity index (χ3v) is 10.6. The van der Waals surface area contributed by atoms with Crippen molar-refractivity contribution in [2.75, 3.05) is 0 Å². The number of fused-ring (bicyclic) bond motifs is 6. The van der Waals surface area contributed by atoms with Gasteiger partial charge in [0.25, 0.3) is 0 Å². The van der Waals surface area contributed by atoms with Crippen LogP contribution in [0.4, 0.5) is 0 Å². The summed E-state index contributed by atoms with van der Waals surface area (Å²) in [5.74, 6) is 0. The molecule has 1 aliphatic rings. The first-order valence-corrected chi connectivity index (χ1v) is 16.3. The van der Waals surface area contributed by atoms with E-state index in [-0.39, 0.29) is 5.41 Å². The highest BCUT2D eigenvalue weighted by Gasteiger charge is 2.35. The smallest absolute Gasteiger partial charge is 0.0540 e. The van der Waals surface area contributed by atoms with E-state index in [0.29, 0.717) is 0 Å². The van der Waals surface area contributed by atoms with Gasteiger partial charge in [-0.3, -0.25) is 0 Å². The Balaban J connectivity index is 1.09. The molecule has 0 spiro atoms. The molecule has 46 heavy (non-hydrogen) atoms. The molecule has 0 saturated heterocycles. The van der Waals surface area contributed by atoms with Crippen LogP contribution < -0.4 is 0 Å². The van der Waals surface area contributed by atoms with Crippen LogP contribution in [0, 0.1) is 13.8 Å². The van der Waals surface area contributed by atoms with Gasteiger partial charge in [-0.1, -0.05) is 111 Å². The lowest BCUT2D eigenvalue weighted by molar-refractivity contribution is 0.660. The van der Waals surface area contributed by atoms with Gasteiger partial charge < -0.3 is 4.57 Å². The summed E-state index contributed by atoms with van der Waals surface area (Å²) in [5, 5.41) is 6.39. The maximum absolute atomic E-state index is 2.42. The van der Waals surface area contributed by atoms with Crippen LogP contribution in [0.1, 0.15) is 36.2 Å². The Morgan fingerprint density at radius 3 is 1.85 bits per heavy atom. The Hall–Kier alpha value is -5.40. The quantitative estimate of drug-likeness (QED) is 0.193. The maximum atomic E-state index is 2.42. The lowest BCUT2D eigenvalue weighted by Crippen LogP contribution is -2.14. The first-order valence-electron chi connectivity index (χ1n) is 16.3. The molecule has 1 nitrogen and oxygen atoms in total. The molecule has 220 valence electrons. The minimum Gasteiger partial charge on any atom is -0.314 e. The fourth-order valence-electron chi connectivity index (χ4n) is 7.88. The van der Waals surface area contributed by atoms with Crippen LogP contribution >= 0.6 is 0 Å². The second kappa shape index (κ2) is 9.80. The predicted molar refractivity (Wildman–Crippen MR) is 196 cm³/mol. The summed E-state index contributed by atoms with van der Waals surface area (Å²) in [7, 11) is 0. The molecule has 1 heteroatoms. The monoisotopic (exact) mass is 589 g/mol. The SMILES string of the molecule is Cc1c(C)n(-c2ccc(-c3ccc4c(c3)C(C)(C)c3ccccc3-4)cc2)c2cc3ccc(-c4ccc5ccccc5c4)cc3cc12. The molecule has 0 aliphatic heterocycles. The van der Waals surface area contributed by atoms with Crippen molar-refractivity contribution in [1.29, 1.82) is 0 Å². The van der Waals surface area contributed by atoms with Crippen molar-refractivity contribution in [3.05, 3.63) is 162 Å². The van der Waals surface area contributed by atoms with E-state index in [0.717, 1.165) is 0 Å². The van der Waals surface area contributed by atoms with Crippen molar-refractivity contribution in [2.24, 2.45) is 0 Å². The molecule has 1 aliphatic carbocycles. The summed E-state index contributed by atoms with van der Waals surface area (Å²) in [6.07, 6.45) is 0. The van der Waals surface area contributed by atoms with Crippen molar-refractivity contribution in [3.8, 4) is 39.1 Å². The van der Waals surface area contributed by atoms with Gasteiger partial charge >= 0.3 is 0 Å². The fourth-order valence-corrected chi connectivity index (χ4v) is 7.88. The third kappa shape index (κ3) is 3.95. The highest BCUT2D eigenvalue weighted by molar-refractivity contribution is 6.02. The molecule has 9 rings (SSSR count). The van der Waals surface area contributed by atoms with Gasteiger partial charge in [0.05, 0.1) is 5.52 Å². The Morgan fingerprint density at radius 2 is 1.04 bits per heavy atom. The number of nitrogens with zero attached hydrogens (tertiary/aromatic N) is 1. The Bertz CT molecular complexity index is 2510. The minimum atomic E-state index is -0.000411. The number of aromatic nitrogens is 1. The molecule has 0 unspecified atom stereocenters. The van der Waals surface area contributed by atoms with Gasteiger partial charge in [0.2, 0.25) is 0 Å². The summed E-state index contributed by atoms with van der Waals surface area (Å²) in [6.45, 7) is 9.20. The minimum absolute atomic E-state index is 0.000411. The molecule has 0 fully saturated rings. The van der Waals surface area contributed by atoms with Crippen LogP contribution in [0.3, 0.4) is 0 Å². The average Bonchev–Trinajstić information content (AvgIpc) is 3.48. The van der Waals surface area contributed by atoms with E-state index in [1.54, 1.807) is 0 Å². The van der Waals surface area contributed by atoms with Crippen LogP contribution in [-0.4, -0.2) is 4.57 Å². The highest BCUT2D eigenvalue weighted by atomic mass is 15.0. The molecule has 1 aromatic heterocycles. The molecule has 0 atom stereocenters. The molecule has 0 N–H and O–H groups in total. The number of rotatable bonds is 3. The van der Waals surface area contributed by atoms with Gasteiger partial charge in [-0.15, -0.1) is 0 Å². The van der Waals surface area contributed by atoms with Crippen LogP contribution in [0.5, 0.6) is 0 Å². The lowest BCUT2D eigenvalue weighted by atomic mass is 9.81. The van der Waals surface area contributed by atoms with Crippen molar-refractivity contribution < 1.29 is 0 Å². The van der Waals surface area contributed by atoms with Gasteiger partial charge in [-0.25, -0.2) is 0 Å². The van der Waals surface area contributed by atoms with Crippen molar-refractivity contribution in [3.63, 3.8) is 0 Å². The molecule has 0 saturated carbocycles. The van der Waals surface area contributed by atoms with Crippen molar-refractivity contribution in [1.82, 2.24) is 4.57 Å². The largest absolute Gasteiger partial charge is 0.314 e. The second-order valence-electron chi connectivity index (χ2n) is 13.5. The summed E-state index contributed by atoms with van der Waals surface area (Å²) in [5.41, 5.74) is 15.6. The zero-order valence-electron chi connectivity index (χ0n) is 26.7. The molecule has 7 aromatic carbocycles. The van der Waals surface area contributed by atoms with Crippen LogP contribution in [0.15, 0.2) is 140 Å². The molecule has 0 bridgehead atoms. The van der Waals surface area contributed by atoms with E-state index in [1.807, 2.05) is 0 Å². The summed E-state index contributed by atoms with van der Waals surface area (Å²) < 4.78 is 2.42. The van der Waals surface area contributed by atoms with Gasteiger partial charge in [-0.05, 0) is 128 Å². The molecule has 0 radical (unpaired) electrons. The van der Waals surface area contributed by atoms with E-state index >= 15 is 0 Å². The van der Waals surface area contributed by atoms with Gasteiger partial charge in [0.15, 0.2) is 0 Å². The average molecular weight is 590 g/mol. The molecule has 0 amide bonds. The first-order chi connectivity index (χ1) is 22.4. The lowest BCUT2D eigenvalue weighted by Gasteiger charge is -2.22. The molecular weight excluding hydrogens is 555 g/mol. The number of benzene rings is 7. The maximum Gasteiger partial charge on any atom is 0.0540 e. The van der Waals surface area contributed by atoms with Crippen LogP contribution in [-0.2, 0) is 5.41 Å². The Morgan fingerprint density at radius 1 is 0.457 bits per heavy atom. The standard InChI is InChI=1S/C45H35N/c1-28-29(2)46(38-20-17-31(18-21-38)35-19-22-40-39-11-7-8-12-42(39)45(3,4)43(40)26-35)44-27-36-16-15-34(24-37(36)25-41(28)44)33-14-13-30-9-5-6-10-32(30)23-33/h5-27H,1-4H3. The Kier molecular flexibility index (Phi) is 5.74. The summed E-state index contributed by atoms with van der Waals surface area (Å²) in [4.78, 5) is 0. The van der Waals surface area contributed by atoms with E-state index in [2.05, 4.69) is 172 Å². The number of aryl methyl sites for hydroxylation is 1. The van der Waals surface area contributed by atoms with E-state index in [4.69, 9.17) is 0 Å². The summed E-state index contributed by atoms with van der Waals surface area (Å²) in [6, 6.07) is 51.9. The third-order valence-electron chi connectivity index (χ3n) is 10.6. The fraction of sp³-hybridized carbons (Fsp3) is 0.111. The van der Waals surface area contributed by atoms with Gasteiger partial charge in [0.1, 0.15) is 0 Å². The normalized spacial score (nSPS) is 13.4. The predicted octanol–water partition coefficient (Wildman–Crippen LogP) is 12.2. The van der Waals surface area contributed by atoms with Crippen molar-refractivity contribution >= 4 is 32.4 Å². The van der Waals surface area contributed by atoms with Gasteiger partial charge in [0, 0.05) is 22.2 Å². The molecule has 1 heterocycles. The molecular formula is C45H35N. The van der Waals surface area contributed by atoms with E-state index in [9.17, 15) is 0 Å². The number of hydrogen-bond acceptors (Lipinski definition) is 0. The van der Waals surface area contributed by atoms with Crippen molar-refractivity contribution in [2.45, 2.75) is 33.1 Å². The van der Waals surface area contributed by atoms with E-state index in [1.165, 1.54) is 93.9 Å². The highest BCUT2D eigenvalue weighted by Crippen LogP contribution is 2.49. The zero-order chi connectivity index (χ0) is 31.2. The van der Waals surface area contributed by atoms with Crippen LogP contribution in [0.25, 0.3) is 71.5 Å².